The van der Waals surface area contributed by atoms with Gasteiger partial charge in [0.2, 0.25) is 10.0 Å². The van der Waals surface area contributed by atoms with E-state index in [4.69, 9.17) is 23.2 Å². The predicted octanol–water partition coefficient (Wildman–Crippen LogP) is 2.33. The zero-order valence-electron chi connectivity index (χ0n) is 10.5. The molecule has 1 aliphatic heterocycles. The zero-order chi connectivity index (χ0) is 14.0. The molecule has 106 valence electrons. The SMILES string of the molecule is Cc1c(Cl)cc(S(=O)(=O)NC2CCNCC2)cc1Cl. The molecule has 1 aromatic carbocycles. The van der Waals surface area contributed by atoms with Crippen LogP contribution in [0.25, 0.3) is 0 Å². The first-order valence-corrected chi connectivity index (χ1v) is 8.33. The summed E-state index contributed by atoms with van der Waals surface area (Å²) in [6, 6.07) is 2.84. The third-order valence-electron chi connectivity index (χ3n) is 3.23. The standard InChI is InChI=1S/C12H16Cl2N2O2S/c1-8-11(13)6-10(7-12(8)14)19(17,18)16-9-2-4-15-5-3-9/h6-7,9,15-16H,2-5H2,1H3. The molecule has 4 nitrogen and oxygen atoms in total. The molecule has 19 heavy (non-hydrogen) atoms. The number of hydrogen-bond acceptors (Lipinski definition) is 3. The molecular formula is C12H16Cl2N2O2S. The van der Waals surface area contributed by atoms with Crippen molar-refractivity contribution >= 4 is 33.2 Å². The number of piperidine rings is 1. The van der Waals surface area contributed by atoms with E-state index in [2.05, 4.69) is 10.0 Å². The summed E-state index contributed by atoms with van der Waals surface area (Å²) < 4.78 is 27.2. The molecule has 0 bridgehead atoms. The van der Waals surface area contributed by atoms with Gasteiger partial charge in [-0.2, -0.15) is 0 Å². The van der Waals surface area contributed by atoms with Gasteiger partial charge in [0.05, 0.1) is 4.90 Å². The number of hydrogen-bond donors (Lipinski definition) is 2. The second kappa shape index (κ2) is 5.97. The second-order valence-corrected chi connectivity index (χ2v) is 7.19. The molecule has 1 fully saturated rings. The molecule has 0 aliphatic carbocycles. The predicted molar refractivity (Wildman–Crippen MR) is 77.4 cm³/mol. The van der Waals surface area contributed by atoms with Gasteiger partial charge in [-0.15, -0.1) is 0 Å². The molecule has 0 saturated carbocycles. The number of rotatable bonds is 3. The topological polar surface area (TPSA) is 58.2 Å². The average Bonchev–Trinajstić information content (AvgIpc) is 2.36. The van der Waals surface area contributed by atoms with Crippen molar-refractivity contribution in [3.63, 3.8) is 0 Å². The molecule has 0 radical (unpaired) electrons. The maximum absolute atomic E-state index is 12.3. The minimum absolute atomic E-state index is 0.0369. The normalized spacial score (nSPS) is 17.6. The molecule has 0 aromatic heterocycles. The van der Waals surface area contributed by atoms with E-state index in [1.54, 1.807) is 6.92 Å². The molecule has 1 aliphatic rings. The van der Waals surface area contributed by atoms with E-state index in [1.807, 2.05) is 0 Å². The molecule has 1 aromatic rings. The van der Waals surface area contributed by atoms with Crippen molar-refractivity contribution in [3.8, 4) is 0 Å². The Morgan fingerprint density at radius 3 is 2.26 bits per heavy atom. The van der Waals surface area contributed by atoms with Crippen LogP contribution in [0, 0.1) is 6.92 Å². The van der Waals surface area contributed by atoms with Crippen molar-refractivity contribution in [2.24, 2.45) is 0 Å². The van der Waals surface area contributed by atoms with E-state index in [9.17, 15) is 8.42 Å². The Hall–Kier alpha value is -0.330. The molecule has 1 heterocycles. The summed E-state index contributed by atoms with van der Waals surface area (Å²) in [5.74, 6) is 0. The minimum Gasteiger partial charge on any atom is -0.317 e. The lowest BCUT2D eigenvalue weighted by atomic mass is 10.1. The lowest BCUT2D eigenvalue weighted by molar-refractivity contribution is 0.427. The van der Waals surface area contributed by atoms with Crippen LogP contribution in [0.3, 0.4) is 0 Å². The third kappa shape index (κ3) is 3.61. The Morgan fingerprint density at radius 2 is 1.74 bits per heavy atom. The van der Waals surface area contributed by atoms with Crippen LogP contribution in [-0.4, -0.2) is 27.5 Å². The van der Waals surface area contributed by atoms with Crippen molar-refractivity contribution in [3.05, 3.63) is 27.7 Å². The highest BCUT2D eigenvalue weighted by atomic mass is 35.5. The highest BCUT2D eigenvalue weighted by Gasteiger charge is 2.22. The van der Waals surface area contributed by atoms with Gasteiger partial charge in [-0.1, -0.05) is 23.2 Å². The smallest absolute Gasteiger partial charge is 0.240 e. The van der Waals surface area contributed by atoms with Crippen LogP contribution in [0.2, 0.25) is 10.0 Å². The van der Waals surface area contributed by atoms with Crippen LogP contribution >= 0.6 is 23.2 Å². The van der Waals surface area contributed by atoms with Gasteiger partial charge in [0.1, 0.15) is 0 Å². The first kappa shape index (κ1) is 15.1. The van der Waals surface area contributed by atoms with Gasteiger partial charge in [0, 0.05) is 16.1 Å². The van der Waals surface area contributed by atoms with E-state index >= 15 is 0 Å². The van der Waals surface area contributed by atoms with E-state index in [0.29, 0.717) is 15.6 Å². The van der Waals surface area contributed by atoms with Crippen LogP contribution in [0.1, 0.15) is 18.4 Å². The van der Waals surface area contributed by atoms with Crippen molar-refractivity contribution in [1.29, 1.82) is 0 Å². The van der Waals surface area contributed by atoms with Crippen molar-refractivity contribution < 1.29 is 8.42 Å². The first-order chi connectivity index (χ1) is 8.90. The maximum Gasteiger partial charge on any atom is 0.240 e. The molecule has 1 saturated heterocycles. The summed E-state index contributed by atoms with van der Waals surface area (Å²) >= 11 is 12.0. The Balaban J connectivity index is 2.24. The monoisotopic (exact) mass is 322 g/mol. The van der Waals surface area contributed by atoms with Crippen LogP contribution in [0.4, 0.5) is 0 Å². The number of halogens is 2. The van der Waals surface area contributed by atoms with Crippen molar-refractivity contribution in [2.45, 2.75) is 30.7 Å². The van der Waals surface area contributed by atoms with Crippen LogP contribution in [0.5, 0.6) is 0 Å². The molecule has 0 amide bonds. The van der Waals surface area contributed by atoms with Crippen molar-refractivity contribution in [1.82, 2.24) is 10.0 Å². The summed E-state index contributed by atoms with van der Waals surface area (Å²) in [6.07, 6.45) is 1.57. The molecule has 0 spiro atoms. The van der Waals surface area contributed by atoms with Gasteiger partial charge in [-0.25, -0.2) is 13.1 Å². The second-order valence-electron chi connectivity index (χ2n) is 4.66. The van der Waals surface area contributed by atoms with E-state index in [0.717, 1.165) is 25.9 Å². The lowest BCUT2D eigenvalue weighted by Crippen LogP contribution is -2.42. The van der Waals surface area contributed by atoms with Gasteiger partial charge in [-0.3, -0.25) is 0 Å². The minimum atomic E-state index is -3.57. The van der Waals surface area contributed by atoms with Gasteiger partial charge >= 0.3 is 0 Å². The average molecular weight is 323 g/mol. The fourth-order valence-corrected chi connectivity index (χ4v) is 3.98. The summed E-state index contributed by atoms with van der Waals surface area (Å²) in [5, 5.41) is 3.91. The van der Waals surface area contributed by atoms with Crippen LogP contribution < -0.4 is 10.0 Å². The number of nitrogens with one attached hydrogen (secondary N) is 2. The Bertz CT molecular complexity index is 546. The number of sulfonamides is 1. The highest BCUT2D eigenvalue weighted by molar-refractivity contribution is 7.89. The van der Waals surface area contributed by atoms with E-state index in [-0.39, 0.29) is 10.9 Å². The molecular weight excluding hydrogens is 307 g/mol. The van der Waals surface area contributed by atoms with E-state index < -0.39 is 10.0 Å². The fourth-order valence-electron chi connectivity index (χ4n) is 2.00. The van der Waals surface area contributed by atoms with Gasteiger partial charge in [0.15, 0.2) is 0 Å². The van der Waals surface area contributed by atoms with Crippen LogP contribution in [-0.2, 0) is 10.0 Å². The maximum atomic E-state index is 12.3. The van der Waals surface area contributed by atoms with Gasteiger partial charge in [-0.05, 0) is 50.6 Å². The molecule has 2 N–H and O–H groups in total. The lowest BCUT2D eigenvalue weighted by Gasteiger charge is -2.23. The van der Waals surface area contributed by atoms with Crippen LogP contribution in [0.15, 0.2) is 17.0 Å². The third-order valence-corrected chi connectivity index (χ3v) is 5.51. The molecule has 2 rings (SSSR count). The summed E-state index contributed by atoms with van der Waals surface area (Å²) in [5.41, 5.74) is 0.684. The Morgan fingerprint density at radius 1 is 1.21 bits per heavy atom. The Labute approximate surface area is 123 Å². The zero-order valence-corrected chi connectivity index (χ0v) is 12.9. The Kier molecular flexibility index (Phi) is 4.74. The number of benzene rings is 1. The molecule has 0 atom stereocenters. The summed E-state index contributed by atoms with van der Waals surface area (Å²) in [6.45, 7) is 3.40. The van der Waals surface area contributed by atoms with Crippen molar-refractivity contribution in [2.75, 3.05) is 13.1 Å². The quantitative estimate of drug-likeness (QED) is 0.898. The summed E-state index contributed by atoms with van der Waals surface area (Å²) in [4.78, 5) is 0.117. The van der Waals surface area contributed by atoms with Gasteiger partial charge < -0.3 is 5.32 Å². The fraction of sp³-hybridized carbons (Fsp3) is 0.500. The first-order valence-electron chi connectivity index (χ1n) is 6.09. The van der Waals surface area contributed by atoms with E-state index in [1.165, 1.54) is 12.1 Å². The molecule has 7 heteroatoms. The largest absolute Gasteiger partial charge is 0.317 e. The molecule has 0 unspecified atom stereocenters. The highest BCUT2D eigenvalue weighted by Crippen LogP contribution is 2.28. The summed E-state index contributed by atoms with van der Waals surface area (Å²) in [7, 11) is -3.57. The van der Waals surface area contributed by atoms with Gasteiger partial charge in [0.25, 0.3) is 0 Å².